The van der Waals surface area contributed by atoms with Crippen LogP contribution in [0.1, 0.15) is 10.4 Å². The summed E-state index contributed by atoms with van der Waals surface area (Å²) < 4.78 is 43.1. The van der Waals surface area contributed by atoms with Gasteiger partial charge in [-0.3, -0.25) is 4.79 Å². The van der Waals surface area contributed by atoms with Crippen LogP contribution in [-0.4, -0.2) is 105 Å². The van der Waals surface area contributed by atoms with Crippen molar-refractivity contribution in [2.24, 2.45) is 0 Å². The molecule has 37 heavy (non-hydrogen) atoms. The summed E-state index contributed by atoms with van der Waals surface area (Å²) in [4.78, 5) is 11.3. The first-order valence-corrected chi connectivity index (χ1v) is 12.2. The van der Waals surface area contributed by atoms with Crippen LogP contribution in [0.4, 0.5) is 0 Å². The van der Waals surface area contributed by atoms with E-state index in [1.54, 1.807) is 19.2 Å². The molecule has 0 heterocycles. The number of hydrogen-bond donors (Lipinski definition) is 1. The SMILES string of the molecule is COCCOCCOCCOCCOCCOCCOc1ccccc1-c1cc(C=O)c(O)c(OC)c1. The number of aromatic hydroxyl groups is 1. The van der Waals surface area contributed by atoms with Gasteiger partial charge in [0.05, 0.1) is 85.3 Å². The van der Waals surface area contributed by atoms with Crippen LogP contribution in [-0.2, 0) is 28.4 Å². The second-order valence-electron chi connectivity index (χ2n) is 7.63. The number of benzene rings is 2. The number of rotatable bonds is 22. The van der Waals surface area contributed by atoms with Crippen molar-refractivity contribution in [3.05, 3.63) is 42.0 Å². The van der Waals surface area contributed by atoms with E-state index in [1.807, 2.05) is 24.3 Å². The highest BCUT2D eigenvalue weighted by Gasteiger charge is 2.14. The van der Waals surface area contributed by atoms with E-state index in [4.69, 9.17) is 37.9 Å². The average molecular weight is 523 g/mol. The molecule has 0 spiro atoms. The summed E-state index contributed by atoms with van der Waals surface area (Å²) in [5, 5.41) is 10.1. The lowest BCUT2D eigenvalue weighted by Crippen LogP contribution is -2.14. The van der Waals surface area contributed by atoms with Gasteiger partial charge in [0.2, 0.25) is 0 Å². The third-order valence-corrected chi connectivity index (χ3v) is 5.05. The Morgan fingerprint density at radius 1 is 0.676 bits per heavy atom. The fourth-order valence-electron chi connectivity index (χ4n) is 3.20. The maximum atomic E-state index is 11.3. The van der Waals surface area contributed by atoms with Crippen LogP contribution in [0, 0.1) is 0 Å². The van der Waals surface area contributed by atoms with E-state index in [0.717, 1.165) is 5.56 Å². The van der Waals surface area contributed by atoms with Gasteiger partial charge in [-0.1, -0.05) is 18.2 Å². The van der Waals surface area contributed by atoms with E-state index in [-0.39, 0.29) is 17.1 Å². The molecule has 2 rings (SSSR count). The number of phenols is 1. The van der Waals surface area contributed by atoms with Crippen molar-refractivity contribution in [1.82, 2.24) is 0 Å². The Morgan fingerprint density at radius 3 is 1.70 bits per heavy atom. The molecule has 0 saturated carbocycles. The van der Waals surface area contributed by atoms with Crippen LogP contribution in [0.15, 0.2) is 36.4 Å². The Hall–Kier alpha value is -2.73. The first-order valence-electron chi connectivity index (χ1n) is 12.2. The zero-order valence-corrected chi connectivity index (χ0v) is 21.6. The van der Waals surface area contributed by atoms with E-state index >= 15 is 0 Å². The molecule has 2 aromatic rings. The third kappa shape index (κ3) is 11.9. The Labute approximate surface area is 218 Å². The summed E-state index contributed by atoms with van der Waals surface area (Å²) in [6, 6.07) is 10.7. The Kier molecular flexibility index (Phi) is 16.0. The van der Waals surface area contributed by atoms with Gasteiger partial charge in [-0.25, -0.2) is 0 Å². The predicted octanol–water partition coefficient (Wildman–Crippen LogP) is 2.99. The number of carbonyl (C=O) groups is 1. The van der Waals surface area contributed by atoms with Gasteiger partial charge in [-0.15, -0.1) is 0 Å². The standard InChI is InChI=1S/C27H38O10/c1-30-7-8-32-9-10-33-11-12-34-13-14-35-15-16-36-17-18-37-25-6-4-3-5-24(25)22-19-23(21-28)27(29)26(20-22)31-2/h3-6,19-21,29H,7-18H2,1-2H3. The number of ether oxygens (including phenoxy) is 8. The van der Waals surface area contributed by atoms with Crippen LogP contribution >= 0.6 is 0 Å². The molecule has 0 aromatic heterocycles. The minimum absolute atomic E-state index is 0.144. The van der Waals surface area contributed by atoms with E-state index < -0.39 is 0 Å². The molecule has 10 nitrogen and oxygen atoms in total. The number of methoxy groups -OCH3 is 2. The molecule has 2 aromatic carbocycles. The summed E-state index contributed by atoms with van der Waals surface area (Å²) in [7, 11) is 3.07. The number of aldehydes is 1. The molecule has 0 aliphatic heterocycles. The van der Waals surface area contributed by atoms with E-state index in [1.165, 1.54) is 7.11 Å². The fourth-order valence-corrected chi connectivity index (χ4v) is 3.20. The normalized spacial score (nSPS) is 11.0. The van der Waals surface area contributed by atoms with Crippen LogP contribution in [0.25, 0.3) is 11.1 Å². The molecular formula is C27H38O10. The third-order valence-electron chi connectivity index (χ3n) is 5.05. The van der Waals surface area contributed by atoms with Gasteiger partial charge in [0.25, 0.3) is 0 Å². The van der Waals surface area contributed by atoms with Crippen molar-refractivity contribution in [2.45, 2.75) is 0 Å². The van der Waals surface area contributed by atoms with Crippen molar-refractivity contribution in [2.75, 3.05) is 93.5 Å². The topological polar surface area (TPSA) is 111 Å². The summed E-state index contributed by atoms with van der Waals surface area (Å²) in [6.45, 7) is 5.83. The molecule has 0 aliphatic rings. The van der Waals surface area contributed by atoms with Gasteiger partial charge >= 0.3 is 0 Å². The minimum Gasteiger partial charge on any atom is -0.504 e. The zero-order chi connectivity index (χ0) is 26.6. The molecule has 0 radical (unpaired) electrons. The van der Waals surface area contributed by atoms with Gasteiger partial charge in [-0.05, 0) is 23.8 Å². The summed E-state index contributed by atoms with van der Waals surface area (Å²) in [6.07, 6.45) is 0.588. The zero-order valence-electron chi connectivity index (χ0n) is 21.6. The number of hydrogen-bond acceptors (Lipinski definition) is 10. The van der Waals surface area contributed by atoms with E-state index in [2.05, 4.69) is 0 Å². The van der Waals surface area contributed by atoms with Gasteiger partial charge in [0.1, 0.15) is 12.4 Å². The quantitative estimate of drug-likeness (QED) is 0.183. The molecule has 1 N–H and O–H groups in total. The highest BCUT2D eigenvalue weighted by atomic mass is 16.6. The van der Waals surface area contributed by atoms with Gasteiger partial charge in [0, 0.05) is 12.7 Å². The molecule has 0 fully saturated rings. The predicted molar refractivity (Wildman–Crippen MR) is 137 cm³/mol. The second-order valence-corrected chi connectivity index (χ2v) is 7.63. The van der Waals surface area contributed by atoms with Gasteiger partial charge in [-0.2, -0.15) is 0 Å². The van der Waals surface area contributed by atoms with E-state index in [0.29, 0.717) is 96.9 Å². The number of phenolic OH excluding ortho intramolecular Hbond substituents is 1. The lowest BCUT2D eigenvalue weighted by atomic mass is 10.0. The first-order chi connectivity index (χ1) is 18.2. The van der Waals surface area contributed by atoms with Crippen molar-refractivity contribution < 1.29 is 47.8 Å². The molecule has 0 atom stereocenters. The van der Waals surface area contributed by atoms with Crippen molar-refractivity contribution in [3.63, 3.8) is 0 Å². The molecule has 0 amide bonds. The second kappa shape index (κ2) is 19.4. The largest absolute Gasteiger partial charge is 0.504 e. The molecule has 10 heteroatoms. The maximum absolute atomic E-state index is 11.3. The Balaban J connectivity index is 1.55. The van der Waals surface area contributed by atoms with Crippen molar-refractivity contribution in [3.8, 4) is 28.4 Å². The van der Waals surface area contributed by atoms with Gasteiger partial charge < -0.3 is 43.0 Å². The van der Waals surface area contributed by atoms with Gasteiger partial charge in [0.15, 0.2) is 17.8 Å². The highest BCUT2D eigenvalue weighted by Crippen LogP contribution is 2.38. The lowest BCUT2D eigenvalue weighted by Gasteiger charge is -2.14. The Bertz CT molecular complexity index is 889. The fraction of sp³-hybridized carbons (Fsp3) is 0.519. The lowest BCUT2D eigenvalue weighted by molar-refractivity contribution is -0.0159. The Morgan fingerprint density at radius 2 is 1.19 bits per heavy atom. The summed E-state index contributed by atoms with van der Waals surface area (Å²) >= 11 is 0. The van der Waals surface area contributed by atoms with Crippen LogP contribution in [0.2, 0.25) is 0 Å². The van der Waals surface area contributed by atoms with Crippen LogP contribution < -0.4 is 9.47 Å². The molecular weight excluding hydrogens is 484 g/mol. The number of carbonyl (C=O) groups excluding carboxylic acids is 1. The average Bonchev–Trinajstić information content (AvgIpc) is 2.92. The maximum Gasteiger partial charge on any atom is 0.168 e. The molecule has 0 aliphatic carbocycles. The molecule has 0 unspecified atom stereocenters. The van der Waals surface area contributed by atoms with Crippen LogP contribution in [0.3, 0.4) is 0 Å². The highest BCUT2D eigenvalue weighted by molar-refractivity contribution is 5.86. The minimum atomic E-state index is -0.188. The van der Waals surface area contributed by atoms with Crippen LogP contribution in [0.5, 0.6) is 17.2 Å². The summed E-state index contributed by atoms with van der Waals surface area (Å²) in [5.74, 6) is 0.661. The first kappa shape index (κ1) is 30.5. The van der Waals surface area contributed by atoms with E-state index in [9.17, 15) is 9.90 Å². The number of para-hydroxylation sites is 1. The molecule has 206 valence electrons. The monoisotopic (exact) mass is 522 g/mol. The van der Waals surface area contributed by atoms with Crippen molar-refractivity contribution >= 4 is 6.29 Å². The summed E-state index contributed by atoms with van der Waals surface area (Å²) in [5.41, 5.74) is 1.61. The molecule has 0 bridgehead atoms. The smallest absolute Gasteiger partial charge is 0.168 e. The molecule has 0 saturated heterocycles. The van der Waals surface area contributed by atoms with Crippen molar-refractivity contribution in [1.29, 1.82) is 0 Å².